The molecule has 176 valence electrons. The molecule has 0 amide bonds. The monoisotopic (exact) mass is 473 g/mol. The van der Waals surface area contributed by atoms with Gasteiger partial charge in [-0.05, 0) is 29.7 Å². The van der Waals surface area contributed by atoms with Gasteiger partial charge in [-0.3, -0.25) is 0 Å². The molecular weight excluding hydrogens is 442 g/mol. The highest BCUT2D eigenvalue weighted by molar-refractivity contribution is 7.89. The summed E-state index contributed by atoms with van der Waals surface area (Å²) >= 11 is 0. The second-order valence-electron chi connectivity index (χ2n) is 9.43. The molecular formula is C28H31N3O2S. The number of sulfonamides is 1. The number of rotatable bonds is 8. The third kappa shape index (κ3) is 5.46. The predicted octanol–water partition coefficient (Wildman–Crippen LogP) is 5.60. The summed E-state index contributed by atoms with van der Waals surface area (Å²) in [6, 6.07) is 29.3. The molecule has 1 heterocycles. The van der Waals surface area contributed by atoms with Crippen LogP contribution in [0.1, 0.15) is 37.6 Å². The first-order chi connectivity index (χ1) is 16.2. The van der Waals surface area contributed by atoms with Gasteiger partial charge < -0.3 is 0 Å². The number of para-hydroxylation sites is 1. The van der Waals surface area contributed by atoms with Crippen LogP contribution < -0.4 is 0 Å². The second kappa shape index (κ2) is 9.95. The zero-order chi connectivity index (χ0) is 24.2. The summed E-state index contributed by atoms with van der Waals surface area (Å²) in [6.45, 7) is 6.66. The van der Waals surface area contributed by atoms with Crippen LogP contribution in [-0.2, 0) is 28.4 Å². The number of benzene rings is 3. The molecule has 4 aromatic rings. The average Bonchev–Trinajstić information content (AvgIpc) is 3.31. The van der Waals surface area contributed by atoms with Crippen molar-refractivity contribution in [3.05, 3.63) is 114 Å². The van der Waals surface area contributed by atoms with E-state index >= 15 is 0 Å². The van der Waals surface area contributed by atoms with E-state index in [1.165, 1.54) is 0 Å². The largest absolute Gasteiger partial charge is 0.246 e. The van der Waals surface area contributed by atoms with E-state index in [0.717, 1.165) is 16.8 Å². The summed E-state index contributed by atoms with van der Waals surface area (Å²) in [4.78, 5) is 0.257. The van der Waals surface area contributed by atoms with Crippen molar-refractivity contribution >= 4 is 10.0 Å². The Labute approximate surface area is 202 Å². The van der Waals surface area contributed by atoms with E-state index in [1.54, 1.807) is 15.2 Å². The van der Waals surface area contributed by atoms with E-state index in [2.05, 4.69) is 0 Å². The quantitative estimate of drug-likeness (QED) is 0.335. The summed E-state index contributed by atoms with van der Waals surface area (Å²) in [5, 5.41) is 4.74. The van der Waals surface area contributed by atoms with E-state index in [1.807, 2.05) is 112 Å². The second-order valence-corrected chi connectivity index (χ2v) is 11.3. The number of hydrogen-bond donors (Lipinski definition) is 0. The molecule has 0 fully saturated rings. The molecule has 0 bridgehead atoms. The SMILES string of the molecule is CC(C)(C)c1nn(-c2ccccc2)cc1S(=O)(=O)N(CCc1ccccc1)Cc1ccccc1. The first-order valence-corrected chi connectivity index (χ1v) is 12.9. The molecule has 3 aromatic carbocycles. The van der Waals surface area contributed by atoms with Gasteiger partial charge in [0.1, 0.15) is 4.90 Å². The molecule has 0 aliphatic rings. The fourth-order valence-corrected chi connectivity index (χ4v) is 5.64. The van der Waals surface area contributed by atoms with Gasteiger partial charge >= 0.3 is 0 Å². The number of hydrogen-bond acceptors (Lipinski definition) is 3. The van der Waals surface area contributed by atoms with Gasteiger partial charge in [0.25, 0.3) is 0 Å². The van der Waals surface area contributed by atoms with Gasteiger partial charge in [0, 0.05) is 18.5 Å². The van der Waals surface area contributed by atoms with Crippen LogP contribution in [-0.4, -0.2) is 29.0 Å². The predicted molar refractivity (Wildman–Crippen MR) is 136 cm³/mol. The summed E-state index contributed by atoms with van der Waals surface area (Å²) in [7, 11) is -3.82. The molecule has 0 saturated carbocycles. The first kappa shape index (κ1) is 23.9. The molecule has 0 radical (unpaired) electrons. The van der Waals surface area contributed by atoms with Gasteiger partial charge in [0.15, 0.2) is 0 Å². The molecule has 0 atom stereocenters. The Morgan fingerprint density at radius 2 is 1.32 bits per heavy atom. The van der Waals surface area contributed by atoms with Crippen LogP contribution >= 0.6 is 0 Å². The van der Waals surface area contributed by atoms with Gasteiger partial charge in [0.2, 0.25) is 10.0 Å². The molecule has 0 saturated heterocycles. The summed E-state index contributed by atoms with van der Waals surface area (Å²) in [6.07, 6.45) is 2.29. The third-order valence-electron chi connectivity index (χ3n) is 5.72. The zero-order valence-electron chi connectivity index (χ0n) is 19.9. The molecule has 0 aliphatic carbocycles. The van der Waals surface area contributed by atoms with Crippen LogP contribution in [0, 0.1) is 0 Å². The first-order valence-electron chi connectivity index (χ1n) is 11.5. The Balaban J connectivity index is 1.76. The smallest absolute Gasteiger partial charge is 0.239 e. The van der Waals surface area contributed by atoms with Crippen LogP contribution in [0.25, 0.3) is 5.69 Å². The van der Waals surface area contributed by atoms with Crippen LogP contribution in [0.5, 0.6) is 0 Å². The molecule has 0 aliphatic heterocycles. The van der Waals surface area contributed by atoms with Crippen molar-refractivity contribution in [3.8, 4) is 5.69 Å². The van der Waals surface area contributed by atoms with Crippen molar-refractivity contribution in [2.45, 2.75) is 44.0 Å². The van der Waals surface area contributed by atoms with Crippen molar-refractivity contribution in [2.75, 3.05) is 6.54 Å². The average molecular weight is 474 g/mol. The van der Waals surface area contributed by atoms with Crippen molar-refractivity contribution in [1.82, 2.24) is 14.1 Å². The minimum atomic E-state index is -3.82. The van der Waals surface area contributed by atoms with Gasteiger partial charge in [-0.2, -0.15) is 9.40 Å². The topological polar surface area (TPSA) is 55.2 Å². The Hall–Kier alpha value is -3.22. The number of aromatic nitrogens is 2. The summed E-state index contributed by atoms with van der Waals surface area (Å²) in [5.41, 5.74) is 3.00. The molecule has 0 N–H and O–H groups in total. The molecule has 5 nitrogen and oxygen atoms in total. The van der Waals surface area contributed by atoms with Crippen molar-refractivity contribution in [1.29, 1.82) is 0 Å². The highest BCUT2D eigenvalue weighted by atomic mass is 32.2. The molecule has 1 aromatic heterocycles. The van der Waals surface area contributed by atoms with E-state index in [-0.39, 0.29) is 4.90 Å². The van der Waals surface area contributed by atoms with Gasteiger partial charge in [-0.1, -0.05) is 99.6 Å². The lowest BCUT2D eigenvalue weighted by atomic mass is 9.92. The van der Waals surface area contributed by atoms with Gasteiger partial charge in [0.05, 0.1) is 17.6 Å². The molecule has 0 spiro atoms. The van der Waals surface area contributed by atoms with Crippen molar-refractivity contribution in [2.24, 2.45) is 0 Å². The van der Waals surface area contributed by atoms with Crippen LogP contribution in [0.3, 0.4) is 0 Å². The summed E-state index contributed by atoms with van der Waals surface area (Å²) in [5.74, 6) is 0. The number of nitrogens with zero attached hydrogens (tertiary/aromatic N) is 3. The minimum Gasteiger partial charge on any atom is -0.239 e. The normalized spacial score (nSPS) is 12.2. The Morgan fingerprint density at radius 3 is 1.88 bits per heavy atom. The molecule has 34 heavy (non-hydrogen) atoms. The molecule has 0 unspecified atom stereocenters. The molecule has 4 rings (SSSR count). The van der Waals surface area contributed by atoms with Crippen LogP contribution in [0.4, 0.5) is 0 Å². The lowest BCUT2D eigenvalue weighted by Gasteiger charge is -2.24. The maximum Gasteiger partial charge on any atom is 0.246 e. The maximum atomic E-state index is 14.1. The zero-order valence-corrected chi connectivity index (χ0v) is 20.7. The lowest BCUT2D eigenvalue weighted by molar-refractivity contribution is 0.407. The minimum absolute atomic E-state index is 0.257. The van der Waals surface area contributed by atoms with E-state index in [9.17, 15) is 8.42 Å². The van der Waals surface area contributed by atoms with Crippen LogP contribution in [0.15, 0.2) is 102 Å². The van der Waals surface area contributed by atoms with E-state index < -0.39 is 15.4 Å². The molecule has 6 heteroatoms. The van der Waals surface area contributed by atoms with Crippen molar-refractivity contribution in [3.63, 3.8) is 0 Å². The van der Waals surface area contributed by atoms with Crippen LogP contribution in [0.2, 0.25) is 0 Å². The van der Waals surface area contributed by atoms with E-state index in [4.69, 9.17) is 5.10 Å². The highest BCUT2D eigenvalue weighted by Gasteiger charge is 2.34. The Morgan fingerprint density at radius 1 is 0.794 bits per heavy atom. The standard InChI is InChI=1S/C28H31N3O2S/c1-28(2,3)27-26(22-31(29-27)25-17-11-6-12-18-25)34(32,33)30(21-24-15-9-5-10-16-24)20-19-23-13-7-4-8-14-23/h4-18,22H,19-21H2,1-3H3. The Bertz CT molecular complexity index is 1310. The lowest BCUT2D eigenvalue weighted by Crippen LogP contribution is -2.34. The van der Waals surface area contributed by atoms with Gasteiger partial charge in [-0.25, -0.2) is 13.1 Å². The fourth-order valence-electron chi connectivity index (χ4n) is 3.89. The van der Waals surface area contributed by atoms with E-state index in [0.29, 0.717) is 25.2 Å². The van der Waals surface area contributed by atoms with Gasteiger partial charge in [-0.15, -0.1) is 0 Å². The van der Waals surface area contributed by atoms with Crippen molar-refractivity contribution < 1.29 is 8.42 Å². The highest BCUT2D eigenvalue weighted by Crippen LogP contribution is 2.31. The summed E-state index contributed by atoms with van der Waals surface area (Å²) < 4.78 is 31.5. The Kier molecular flexibility index (Phi) is 7.00. The third-order valence-corrected chi connectivity index (χ3v) is 7.57. The maximum absolute atomic E-state index is 14.1. The fraction of sp³-hybridized carbons (Fsp3) is 0.250.